The van der Waals surface area contributed by atoms with Crippen LogP contribution in [0.5, 0.6) is 0 Å². The Morgan fingerprint density at radius 1 is 1.15 bits per heavy atom. The van der Waals surface area contributed by atoms with E-state index in [4.69, 9.17) is 5.73 Å². The van der Waals surface area contributed by atoms with Crippen LogP contribution in [-0.2, 0) is 20.8 Å². The minimum Gasteiger partial charge on any atom is -0.480 e. The Morgan fingerprint density at radius 2 is 1.77 bits per heavy atom. The van der Waals surface area contributed by atoms with Crippen molar-refractivity contribution in [2.24, 2.45) is 17.6 Å². The molecular formula is C17H29N5O4. The number of carbonyl (C=O) groups excluding carboxylic acids is 2. The molecule has 0 spiro atoms. The normalized spacial score (nSPS) is 14.7. The van der Waals surface area contributed by atoms with Gasteiger partial charge in [-0.05, 0) is 18.3 Å². The monoisotopic (exact) mass is 367 g/mol. The second kappa shape index (κ2) is 9.91. The molecule has 9 nitrogen and oxygen atoms in total. The van der Waals surface area contributed by atoms with Gasteiger partial charge in [0.1, 0.15) is 12.1 Å². The summed E-state index contributed by atoms with van der Waals surface area (Å²) in [4.78, 5) is 43.0. The molecule has 1 aromatic rings. The van der Waals surface area contributed by atoms with Crippen molar-refractivity contribution in [1.82, 2.24) is 20.6 Å². The lowest BCUT2D eigenvalue weighted by molar-refractivity contribution is -0.142. The van der Waals surface area contributed by atoms with E-state index < -0.39 is 35.9 Å². The van der Waals surface area contributed by atoms with Crippen molar-refractivity contribution in [3.05, 3.63) is 18.2 Å². The number of amides is 2. The first-order valence-corrected chi connectivity index (χ1v) is 8.68. The number of carboxylic acid groups (broad SMARTS) is 1. The van der Waals surface area contributed by atoms with Crippen molar-refractivity contribution in [3.8, 4) is 0 Å². The summed E-state index contributed by atoms with van der Waals surface area (Å²) >= 11 is 0. The molecular weight excluding hydrogens is 338 g/mol. The molecule has 2 amide bonds. The molecule has 6 N–H and O–H groups in total. The molecule has 0 fully saturated rings. The number of aromatic nitrogens is 2. The summed E-state index contributed by atoms with van der Waals surface area (Å²) < 4.78 is 0. The fraction of sp³-hybridized carbons (Fsp3) is 0.647. The molecule has 0 radical (unpaired) electrons. The highest BCUT2D eigenvalue weighted by molar-refractivity contribution is 5.91. The van der Waals surface area contributed by atoms with E-state index in [0.717, 1.165) is 0 Å². The molecule has 0 bridgehead atoms. The second-order valence-electron chi connectivity index (χ2n) is 7.12. The van der Waals surface area contributed by atoms with Crippen LogP contribution in [0.2, 0.25) is 0 Å². The number of imidazole rings is 1. The highest BCUT2D eigenvalue weighted by Gasteiger charge is 2.29. The molecule has 0 saturated heterocycles. The molecule has 146 valence electrons. The number of nitrogens with zero attached hydrogens (tertiary/aromatic N) is 1. The molecule has 0 aliphatic heterocycles. The Bertz CT molecular complexity index is 600. The summed E-state index contributed by atoms with van der Waals surface area (Å²) in [6, 6.07) is -2.73. The molecule has 9 heteroatoms. The van der Waals surface area contributed by atoms with Gasteiger partial charge in [-0.3, -0.25) is 9.59 Å². The first-order valence-electron chi connectivity index (χ1n) is 8.68. The minimum atomic E-state index is -1.17. The number of carbonyl (C=O) groups is 3. The Morgan fingerprint density at radius 3 is 2.23 bits per heavy atom. The summed E-state index contributed by atoms with van der Waals surface area (Å²) in [5.41, 5.74) is 6.35. The van der Waals surface area contributed by atoms with Crippen LogP contribution >= 0.6 is 0 Å². The summed E-state index contributed by atoms with van der Waals surface area (Å²) in [6.07, 6.45) is 3.41. The molecule has 3 atom stereocenters. The zero-order valence-electron chi connectivity index (χ0n) is 15.7. The number of H-pyrrole nitrogens is 1. The van der Waals surface area contributed by atoms with E-state index in [1.165, 1.54) is 6.33 Å². The van der Waals surface area contributed by atoms with Gasteiger partial charge in [-0.2, -0.15) is 0 Å². The van der Waals surface area contributed by atoms with E-state index in [0.29, 0.717) is 12.1 Å². The van der Waals surface area contributed by atoms with Gasteiger partial charge in [0.25, 0.3) is 0 Å². The largest absolute Gasteiger partial charge is 0.480 e. The smallest absolute Gasteiger partial charge is 0.326 e. The number of aromatic amines is 1. The Balaban J connectivity index is 2.82. The number of hydrogen-bond acceptors (Lipinski definition) is 5. The molecule has 26 heavy (non-hydrogen) atoms. The third-order valence-corrected chi connectivity index (χ3v) is 3.94. The molecule has 1 heterocycles. The lowest BCUT2D eigenvalue weighted by atomic mass is 10.00. The molecule has 1 rings (SSSR count). The quantitative estimate of drug-likeness (QED) is 0.394. The zero-order chi connectivity index (χ0) is 19.9. The van der Waals surface area contributed by atoms with E-state index in [1.807, 2.05) is 27.7 Å². The number of nitrogens with one attached hydrogen (secondary N) is 3. The number of aliphatic carboxylic acids is 1. The summed E-state index contributed by atoms with van der Waals surface area (Å²) in [6.45, 7) is 7.44. The maximum absolute atomic E-state index is 12.6. The van der Waals surface area contributed by atoms with Gasteiger partial charge in [0.05, 0.1) is 18.1 Å². The van der Waals surface area contributed by atoms with Crippen LogP contribution in [0.1, 0.15) is 39.8 Å². The summed E-state index contributed by atoms with van der Waals surface area (Å²) in [5, 5.41) is 14.5. The number of nitrogens with two attached hydrogens (primary N) is 1. The highest BCUT2D eigenvalue weighted by atomic mass is 16.4. The van der Waals surface area contributed by atoms with Crippen LogP contribution in [0.4, 0.5) is 0 Å². The molecule has 0 aromatic carbocycles. The highest BCUT2D eigenvalue weighted by Crippen LogP contribution is 2.08. The topological polar surface area (TPSA) is 150 Å². The maximum atomic E-state index is 12.6. The van der Waals surface area contributed by atoms with Gasteiger partial charge >= 0.3 is 5.97 Å². The van der Waals surface area contributed by atoms with Gasteiger partial charge in [-0.25, -0.2) is 9.78 Å². The van der Waals surface area contributed by atoms with Crippen molar-refractivity contribution in [1.29, 1.82) is 0 Å². The van der Waals surface area contributed by atoms with Gasteiger partial charge in [0.2, 0.25) is 11.8 Å². The van der Waals surface area contributed by atoms with Crippen LogP contribution in [-0.4, -0.2) is 51.0 Å². The lowest BCUT2D eigenvalue weighted by Crippen LogP contribution is -2.56. The van der Waals surface area contributed by atoms with Gasteiger partial charge in [0.15, 0.2) is 0 Å². The van der Waals surface area contributed by atoms with Crippen LogP contribution in [0.3, 0.4) is 0 Å². The van der Waals surface area contributed by atoms with E-state index in [9.17, 15) is 19.5 Å². The Kier molecular flexibility index (Phi) is 8.24. The summed E-state index contributed by atoms with van der Waals surface area (Å²) in [7, 11) is 0. The minimum absolute atomic E-state index is 0.0401. The van der Waals surface area contributed by atoms with Crippen LogP contribution < -0.4 is 16.4 Å². The predicted molar refractivity (Wildman–Crippen MR) is 96.1 cm³/mol. The number of rotatable bonds is 10. The van der Waals surface area contributed by atoms with Gasteiger partial charge in [-0.15, -0.1) is 0 Å². The van der Waals surface area contributed by atoms with Crippen molar-refractivity contribution in [3.63, 3.8) is 0 Å². The van der Waals surface area contributed by atoms with Gasteiger partial charge in [0, 0.05) is 12.6 Å². The van der Waals surface area contributed by atoms with Crippen molar-refractivity contribution < 1.29 is 19.5 Å². The summed E-state index contributed by atoms with van der Waals surface area (Å²) in [5.74, 6) is -2.11. The van der Waals surface area contributed by atoms with Gasteiger partial charge < -0.3 is 26.5 Å². The Labute approximate surface area is 153 Å². The number of hydrogen-bond donors (Lipinski definition) is 5. The van der Waals surface area contributed by atoms with Gasteiger partial charge in [-0.1, -0.05) is 27.7 Å². The maximum Gasteiger partial charge on any atom is 0.326 e. The predicted octanol–water partition coefficient (Wildman–Crippen LogP) is 0.0358. The van der Waals surface area contributed by atoms with Crippen molar-refractivity contribution >= 4 is 17.8 Å². The van der Waals surface area contributed by atoms with E-state index in [1.54, 1.807) is 6.20 Å². The molecule has 0 aliphatic carbocycles. The lowest BCUT2D eigenvalue weighted by Gasteiger charge is -2.24. The van der Waals surface area contributed by atoms with Crippen LogP contribution in [0.25, 0.3) is 0 Å². The fourth-order valence-electron chi connectivity index (χ4n) is 2.36. The zero-order valence-corrected chi connectivity index (χ0v) is 15.7. The first-order chi connectivity index (χ1) is 12.1. The molecule has 0 saturated carbocycles. The molecule has 0 unspecified atom stereocenters. The molecule has 1 aromatic heterocycles. The van der Waals surface area contributed by atoms with Crippen molar-refractivity contribution in [2.45, 2.75) is 58.7 Å². The first kappa shape index (κ1) is 21.6. The average Bonchev–Trinajstić information content (AvgIpc) is 3.04. The van der Waals surface area contributed by atoms with E-state index >= 15 is 0 Å². The fourth-order valence-corrected chi connectivity index (χ4v) is 2.36. The second-order valence-corrected chi connectivity index (χ2v) is 7.12. The SMILES string of the molecule is CC(C)C[C@H](NC(=O)[C@@H](N)C(C)C)C(=O)N[C@@H](Cc1c[nH]cn1)C(=O)O. The van der Waals surface area contributed by atoms with Crippen LogP contribution in [0, 0.1) is 11.8 Å². The standard InChI is InChI=1S/C17H29N5O4/c1-9(2)5-12(21-16(24)14(18)10(3)4)15(23)22-13(17(25)26)6-11-7-19-8-20-11/h7-10,12-14H,5-6,18H2,1-4H3,(H,19,20)(H,21,24)(H,22,23)(H,25,26)/t12-,13-,14-/m0/s1. The van der Waals surface area contributed by atoms with Crippen LogP contribution in [0.15, 0.2) is 12.5 Å². The van der Waals surface area contributed by atoms with E-state index in [2.05, 4.69) is 20.6 Å². The Hall–Kier alpha value is -2.42. The van der Waals surface area contributed by atoms with Crippen molar-refractivity contribution in [2.75, 3.05) is 0 Å². The third kappa shape index (κ3) is 6.83. The molecule has 0 aliphatic rings. The van der Waals surface area contributed by atoms with E-state index in [-0.39, 0.29) is 18.3 Å². The number of carboxylic acids is 1. The third-order valence-electron chi connectivity index (χ3n) is 3.94. The average molecular weight is 367 g/mol.